The molecule has 0 amide bonds. The smallest absolute Gasteiger partial charge is 0.195 e. The van der Waals surface area contributed by atoms with Gasteiger partial charge in [-0.05, 0) is 41.8 Å². The van der Waals surface area contributed by atoms with Gasteiger partial charge in [0, 0.05) is 23.4 Å². The number of hydrogen-bond acceptors (Lipinski definition) is 5. The summed E-state index contributed by atoms with van der Waals surface area (Å²) in [7, 11) is 0. The number of hydrogen-bond donors (Lipinski definition) is 4. The highest BCUT2D eigenvalue weighted by Crippen LogP contribution is 2.37. The van der Waals surface area contributed by atoms with Crippen molar-refractivity contribution < 1.29 is 25.2 Å². The average Bonchev–Trinajstić information content (AvgIpc) is 2.58. The van der Waals surface area contributed by atoms with Crippen LogP contribution < -0.4 is 0 Å². The third-order valence-corrected chi connectivity index (χ3v) is 4.81. The summed E-state index contributed by atoms with van der Waals surface area (Å²) in [6.07, 6.45) is -0.539. The number of aromatic hydroxyl groups is 1. The largest absolute Gasteiger partial charge is 0.508 e. The molecule has 25 heavy (non-hydrogen) atoms. The van der Waals surface area contributed by atoms with Crippen LogP contribution in [0.1, 0.15) is 29.5 Å². The maximum absolute atomic E-state index is 10.9. The van der Waals surface area contributed by atoms with Crippen LogP contribution in [0.4, 0.5) is 0 Å². The first-order chi connectivity index (χ1) is 11.9. The van der Waals surface area contributed by atoms with Gasteiger partial charge >= 0.3 is 0 Å². The van der Waals surface area contributed by atoms with Crippen molar-refractivity contribution >= 4 is 11.6 Å². The van der Waals surface area contributed by atoms with Crippen molar-refractivity contribution in [3.05, 3.63) is 64.2 Å². The van der Waals surface area contributed by atoms with E-state index in [0.29, 0.717) is 17.0 Å². The molecule has 2 aromatic rings. The maximum Gasteiger partial charge on any atom is 0.195 e. The van der Waals surface area contributed by atoms with E-state index in [9.17, 15) is 20.4 Å². The van der Waals surface area contributed by atoms with Crippen molar-refractivity contribution in [3.8, 4) is 5.75 Å². The molecule has 0 saturated carbocycles. The molecule has 1 fully saturated rings. The zero-order chi connectivity index (χ0) is 18.0. The van der Waals surface area contributed by atoms with Crippen molar-refractivity contribution in [2.45, 2.75) is 37.3 Å². The van der Waals surface area contributed by atoms with Crippen LogP contribution in [0.3, 0.4) is 0 Å². The van der Waals surface area contributed by atoms with Gasteiger partial charge in [-0.1, -0.05) is 29.8 Å². The van der Waals surface area contributed by atoms with Crippen LogP contribution in [0.5, 0.6) is 5.75 Å². The van der Waals surface area contributed by atoms with Gasteiger partial charge in [0.25, 0.3) is 0 Å². The number of ether oxygens (including phenoxy) is 1. The van der Waals surface area contributed by atoms with E-state index in [1.54, 1.807) is 42.5 Å². The topological polar surface area (TPSA) is 90.2 Å². The molecule has 134 valence electrons. The van der Waals surface area contributed by atoms with E-state index >= 15 is 0 Å². The molecule has 0 radical (unpaired) electrons. The molecule has 1 saturated heterocycles. The Balaban J connectivity index is 1.89. The Morgan fingerprint density at radius 3 is 2.56 bits per heavy atom. The van der Waals surface area contributed by atoms with Crippen molar-refractivity contribution in [2.75, 3.05) is 6.61 Å². The van der Waals surface area contributed by atoms with E-state index in [1.807, 2.05) is 0 Å². The molecule has 4 N–H and O–H groups in total. The quantitative estimate of drug-likeness (QED) is 0.668. The Morgan fingerprint density at radius 2 is 1.88 bits per heavy atom. The Labute approximate surface area is 151 Å². The summed E-state index contributed by atoms with van der Waals surface area (Å²) in [5.41, 5.74) is 2.24. The highest BCUT2D eigenvalue weighted by molar-refractivity contribution is 6.31. The molecular formula is C19H21ClO5. The van der Waals surface area contributed by atoms with E-state index in [1.165, 1.54) is 0 Å². The molecular weight excluding hydrogens is 344 g/mol. The summed E-state index contributed by atoms with van der Waals surface area (Å²) in [5, 5.41) is 40.1. The average molecular weight is 365 g/mol. The van der Waals surface area contributed by atoms with Gasteiger partial charge in [-0.25, -0.2) is 0 Å². The fraction of sp³-hybridized carbons (Fsp3) is 0.368. The number of halogens is 1. The van der Waals surface area contributed by atoms with Gasteiger partial charge in [-0.15, -0.1) is 0 Å². The van der Waals surface area contributed by atoms with Crippen LogP contribution >= 0.6 is 11.6 Å². The fourth-order valence-corrected chi connectivity index (χ4v) is 3.35. The molecule has 1 aliphatic heterocycles. The van der Waals surface area contributed by atoms with Gasteiger partial charge in [0.05, 0.1) is 18.8 Å². The molecule has 0 aromatic heterocycles. The minimum Gasteiger partial charge on any atom is -0.508 e. The van der Waals surface area contributed by atoms with Gasteiger partial charge in [-0.2, -0.15) is 0 Å². The third-order valence-electron chi connectivity index (χ3n) is 4.44. The maximum atomic E-state index is 10.9. The lowest BCUT2D eigenvalue weighted by atomic mass is 9.91. The lowest BCUT2D eigenvalue weighted by Crippen LogP contribution is -2.45. The van der Waals surface area contributed by atoms with Crippen molar-refractivity contribution in [1.29, 1.82) is 0 Å². The normalized spacial score (nSPS) is 26.6. The van der Waals surface area contributed by atoms with Gasteiger partial charge in [-0.3, -0.25) is 0 Å². The Morgan fingerprint density at radius 1 is 1.16 bits per heavy atom. The molecule has 5 nitrogen and oxygen atoms in total. The van der Waals surface area contributed by atoms with Crippen LogP contribution in [0.15, 0.2) is 42.5 Å². The first-order valence-corrected chi connectivity index (χ1v) is 8.53. The van der Waals surface area contributed by atoms with Gasteiger partial charge < -0.3 is 25.2 Å². The Kier molecular flexibility index (Phi) is 5.32. The van der Waals surface area contributed by atoms with Crippen LogP contribution in [0.2, 0.25) is 5.02 Å². The number of rotatable bonds is 4. The SMILES string of the molecule is OCC1CC(O)C[C@](O)(c2ccc(Cl)c(Cc3ccc(O)cc3)c2)O1. The number of phenolic OH excluding ortho intramolecular Hbond substituents is 1. The molecule has 2 unspecified atom stereocenters. The van der Waals surface area contributed by atoms with Crippen molar-refractivity contribution in [2.24, 2.45) is 0 Å². The van der Waals surface area contributed by atoms with E-state index < -0.39 is 18.0 Å². The fourth-order valence-electron chi connectivity index (χ4n) is 3.16. The molecule has 3 atom stereocenters. The number of phenols is 1. The molecule has 1 aliphatic rings. The lowest BCUT2D eigenvalue weighted by Gasteiger charge is -2.39. The monoisotopic (exact) mass is 364 g/mol. The van der Waals surface area contributed by atoms with Gasteiger partial charge in [0.15, 0.2) is 5.79 Å². The first-order valence-electron chi connectivity index (χ1n) is 8.15. The summed E-state index contributed by atoms with van der Waals surface area (Å²) >= 11 is 6.29. The van der Waals surface area contributed by atoms with Gasteiger partial charge in [0.2, 0.25) is 0 Å². The molecule has 0 spiro atoms. The molecule has 0 aliphatic carbocycles. The molecule has 3 rings (SSSR count). The summed E-state index contributed by atoms with van der Waals surface area (Å²) in [5.74, 6) is -1.48. The minimum absolute atomic E-state index is 0.0315. The van der Waals surface area contributed by atoms with E-state index in [4.69, 9.17) is 16.3 Å². The van der Waals surface area contributed by atoms with Crippen LogP contribution in [-0.2, 0) is 16.9 Å². The highest BCUT2D eigenvalue weighted by Gasteiger charge is 2.41. The predicted octanol–water partition coefficient (Wildman–Crippen LogP) is 2.31. The van der Waals surface area contributed by atoms with Crippen molar-refractivity contribution in [1.82, 2.24) is 0 Å². The Bertz CT molecular complexity index is 733. The minimum atomic E-state index is -1.67. The van der Waals surface area contributed by atoms with Crippen molar-refractivity contribution in [3.63, 3.8) is 0 Å². The van der Waals surface area contributed by atoms with Crippen LogP contribution in [-0.4, -0.2) is 39.2 Å². The number of benzene rings is 2. The first kappa shape index (κ1) is 18.2. The number of aliphatic hydroxyl groups is 3. The lowest BCUT2D eigenvalue weighted by molar-refractivity contribution is -0.286. The van der Waals surface area contributed by atoms with Gasteiger partial charge in [0.1, 0.15) is 5.75 Å². The summed E-state index contributed by atoms with van der Waals surface area (Å²) < 4.78 is 5.61. The zero-order valence-electron chi connectivity index (χ0n) is 13.6. The zero-order valence-corrected chi connectivity index (χ0v) is 14.4. The molecule has 6 heteroatoms. The number of aliphatic hydroxyl groups excluding tert-OH is 2. The molecule has 2 aromatic carbocycles. The van der Waals surface area contributed by atoms with E-state index in [0.717, 1.165) is 11.1 Å². The molecule has 0 bridgehead atoms. The second-order valence-corrected chi connectivity index (χ2v) is 6.86. The highest BCUT2D eigenvalue weighted by atomic mass is 35.5. The van der Waals surface area contributed by atoms with E-state index in [-0.39, 0.29) is 25.2 Å². The second kappa shape index (κ2) is 7.32. The summed E-state index contributed by atoms with van der Waals surface area (Å²) in [6.45, 7) is -0.271. The predicted molar refractivity (Wildman–Crippen MR) is 93.5 cm³/mol. The Hall–Kier alpha value is -1.63. The summed E-state index contributed by atoms with van der Waals surface area (Å²) in [4.78, 5) is 0. The molecule has 1 heterocycles. The van der Waals surface area contributed by atoms with Crippen LogP contribution in [0, 0.1) is 0 Å². The summed E-state index contributed by atoms with van der Waals surface area (Å²) in [6, 6.07) is 11.9. The van der Waals surface area contributed by atoms with Crippen LogP contribution in [0.25, 0.3) is 0 Å². The second-order valence-electron chi connectivity index (χ2n) is 6.45. The third kappa shape index (κ3) is 4.14. The van der Waals surface area contributed by atoms with E-state index in [2.05, 4.69) is 0 Å². The standard InChI is InChI=1S/C19H21ClO5/c20-18-6-3-14(19(24)10-16(23)9-17(11-21)25-19)8-13(18)7-12-1-4-15(22)5-2-12/h1-6,8,16-17,21-24H,7,9-11H2/t16?,17?,19-/m1/s1.